The Morgan fingerprint density at radius 3 is 2.15 bits per heavy atom. The van der Waals surface area contributed by atoms with E-state index in [1.165, 1.54) is 43.3 Å². The van der Waals surface area contributed by atoms with Gasteiger partial charge in [-0.25, -0.2) is 18.7 Å². The number of rotatable bonds is 6. The van der Waals surface area contributed by atoms with Crippen molar-refractivity contribution in [2.24, 2.45) is 5.84 Å². The van der Waals surface area contributed by atoms with Crippen LogP contribution in [0.5, 0.6) is 0 Å². The Bertz CT molecular complexity index is 899. The topological polar surface area (TPSA) is 122 Å². The highest BCUT2D eigenvalue weighted by atomic mass is 32.2. The average Bonchev–Trinajstić information content (AvgIpc) is 2.60. The Kier molecular flexibility index (Phi) is 5.90. The second-order valence-electron chi connectivity index (χ2n) is 5.26. The monoisotopic (exact) mass is 380 g/mol. The van der Waals surface area contributed by atoms with Crippen LogP contribution in [0.1, 0.15) is 6.92 Å². The Labute approximate surface area is 149 Å². The number of halogens is 1. The van der Waals surface area contributed by atoms with Crippen molar-refractivity contribution in [1.82, 2.24) is 5.43 Å². The summed E-state index contributed by atoms with van der Waals surface area (Å²) in [6.45, 7) is 0.740. The molecule has 0 saturated heterocycles. The minimum absolute atomic E-state index is 0.0981. The van der Waals surface area contributed by atoms with E-state index in [1.54, 1.807) is 0 Å². The summed E-state index contributed by atoms with van der Waals surface area (Å²) in [4.78, 5) is 22.6. The number of carbonyl (C=O) groups excluding carboxylic acids is 2. The molecule has 0 fully saturated rings. The van der Waals surface area contributed by atoms with Gasteiger partial charge in [0, 0.05) is 12.6 Å². The van der Waals surface area contributed by atoms with Gasteiger partial charge in [-0.3, -0.25) is 19.3 Å². The lowest BCUT2D eigenvalue weighted by molar-refractivity contribution is -0.119. The lowest BCUT2D eigenvalue weighted by Gasteiger charge is -2.23. The number of benzene rings is 2. The van der Waals surface area contributed by atoms with E-state index in [0.29, 0.717) is 5.69 Å². The average molecular weight is 380 g/mol. The molecule has 0 atom stereocenters. The summed E-state index contributed by atoms with van der Waals surface area (Å²) in [5.74, 6) is 3.46. The van der Waals surface area contributed by atoms with Crippen LogP contribution in [0.4, 0.5) is 15.8 Å². The van der Waals surface area contributed by atoms with Gasteiger partial charge in [0.25, 0.3) is 15.9 Å². The van der Waals surface area contributed by atoms with Crippen LogP contribution in [-0.2, 0) is 19.6 Å². The van der Waals surface area contributed by atoms with Gasteiger partial charge in [-0.15, -0.1) is 0 Å². The first-order valence-electron chi connectivity index (χ1n) is 7.39. The molecule has 0 aromatic heterocycles. The predicted octanol–water partition coefficient (Wildman–Crippen LogP) is 0.969. The summed E-state index contributed by atoms with van der Waals surface area (Å²) < 4.78 is 39.8. The van der Waals surface area contributed by atoms with Crippen molar-refractivity contribution in [2.75, 3.05) is 16.2 Å². The summed E-state index contributed by atoms with van der Waals surface area (Å²) in [6, 6.07) is 10.1. The lowest BCUT2D eigenvalue weighted by Crippen LogP contribution is -2.43. The van der Waals surface area contributed by atoms with Crippen molar-refractivity contribution in [3.05, 3.63) is 54.3 Å². The smallest absolute Gasteiger partial charge is 0.264 e. The SMILES string of the molecule is CC(=O)Nc1ccc(S(=O)(=O)N(CC(=O)NN)c2ccc(F)cc2)cc1. The molecule has 0 heterocycles. The molecule has 0 radical (unpaired) electrons. The molecule has 26 heavy (non-hydrogen) atoms. The van der Waals surface area contributed by atoms with E-state index in [2.05, 4.69) is 5.32 Å². The van der Waals surface area contributed by atoms with Crippen molar-refractivity contribution >= 4 is 33.2 Å². The molecule has 10 heteroatoms. The van der Waals surface area contributed by atoms with Crippen LogP contribution in [0.25, 0.3) is 0 Å². The lowest BCUT2D eigenvalue weighted by atomic mass is 10.3. The van der Waals surface area contributed by atoms with Gasteiger partial charge in [-0.05, 0) is 48.5 Å². The molecule has 2 aromatic rings. The number of hydrazine groups is 1. The Morgan fingerprint density at radius 1 is 1.08 bits per heavy atom. The number of hydrogen-bond donors (Lipinski definition) is 3. The van der Waals surface area contributed by atoms with Crippen LogP contribution >= 0.6 is 0 Å². The van der Waals surface area contributed by atoms with Crippen LogP contribution in [0, 0.1) is 5.82 Å². The Balaban J connectivity index is 2.42. The zero-order chi connectivity index (χ0) is 19.3. The zero-order valence-corrected chi connectivity index (χ0v) is 14.6. The fraction of sp³-hybridized carbons (Fsp3) is 0.125. The van der Waals surface area contributed by atoms with Crippen molar-refractivity contribution in [2.45, 2.75) is 11.8 Å². The minimum atomic E-state index is -4.14. The molecular weight excluding hydrogens is 363 g/mol. The first-order valence-corrected chi connectivity index (χ1v) is 8.83. The molecule has 0 bridgehead atoms. The van der Waals surface area contributed by atoms with Crippen molar-refractivity contribution in [3.8, 4) is 0 Å². The summed E-state index contributed by atoms with van der Waals surface area (Å²) in [5.41, 5.74) is 2.38. The number of carbonyl (C=O) groups is 2. The normalized spacial score (nSPS) is 10.9. The molecule has 8 nitrogen and oxygen atoms in total. The second kappa shape index (κ2) is 7.93. The molecule has 0 spiro atoms. The predicted molar refractivity (Wildman–Crippen MR) is 94.0 cm³/mol. The highest BCUT2D eigenvalue weighted by Gasteiger charge is 2.27. The first-order chi connectivity index (χ1) is 12.2. The van der Waals surface area contributed by atoms with Crippen molar-refractivity contribution in [3.63, 3.8) is 0 Å². The molecule has 2 amide bonds. The number of nitrogens with two attached hydrogens (primary N) is 1. The maximum Gasteiger partial charge on any atom is 0.264 e. The third kappa shape index (κ3) is 4.55. The fourth-order valence-electron chi connectivity index (χ4n) is 2.14. The van der Waals surface area contributed by atoms with Gasteiger partial charge in [0.05, 0.1) is 10.6 Å². The van der Waals surface area contributed by atoms with Crippen molar-refractivity contribution in [1.29, 1.82) is 0 Å². The van der Waals surface area contributed by atoms with Gasteiger partial charge in [0.2, 0.25) is 5.91 Å². The van der Waals surface area contributed by atoms with Crippen LogP contribution in [0.15, 0.2) is 53.4 Å². The van der Waals surface area contributed by atoms with E-state index in [0.717, 1.165) is 16.4 Å². The standard InChI is InChI=1S/C16H17FN4O4S/c1-11(22)19-13-4-8-15(9-5-13)26(24,25)21(10-16(23)20-18)14-6-2-12(17)3-7-14/h2-9H,10,18H2,1H3,(H,19,22)(H,20,23). The maximum absolute atomic E-state index is 13.1. The van der Waals surface area contributed by atoms with E-state index in [9.17, 15) is 22.4 Å². The highest BCUT2D eigenvalue weighted by molar-refractivity contribution is 7.92. The van der Waals surface area contributed by atoms with Gasteiger partial charge >= 0.3 is 0 Å². The van der Waals surface area contributed by atoms with E-state index < -0.39 is 28.3 Å². The summed E-state index contributed by atoms with van der Waals surface area (Å²) in [6.07, 6.45) is 0. The van der Waals surface area contributed by atoms with Crippen LogP contribution in [-0.4, -0.2) is 26.8 Å². The third-order valence-electron chi connectivity index (χ3n) is 3.33. The molecule has 0 aliphatic carbocycles. The summed E-state index contributed by atoms with van der Waals surface area (Å²) in [5, 5.41) is 2.52. The molecule has 0 unspecified atom stereocenters. The number of amides is 2. The van der Waals surface area contributed by atoms with Gasteiger partial charge in [-0.2, -0.15) is 0 Å². The van der Waals surface area contributed by atoms with Gasteiger partial charge in [-0.1, -0.05) is 0 Å². The van der Waals surface area contributed by atoms with E-state index >= 15 is 0 Å². The third-order valence-corrected chi connectivity index (χ3v) is 5.11. The number of nitrogens with zero attached hydrogens (tertiary/aromatic N) is 1. The molecule has 4 N–H and O–H groups in total. The molecular formula is C16H17FN4O4S. The summed E-state index contributed by atoms with van der Waals surface area (Å²) in [7, 11) is -4.14. The van der Waals surface area contributed by atoms with Gasteiger partial charge in [0.15, 0.2) is 0 Å². The largest absolute Gasteiger partial charge is 0.326 e. The molecule has 2 rings (SSSR count). The molecule has 2 aromatic carbocycles. The van der Waals surface area contributed by atoms with E-state index in [4.69, 9.17) is 5.84 Å². The minimum Gasteiger partial charge on any atom is -0.326 e. The molecule has 138 valence electrons. The Hall–Kier alpha value is -2.98. The van der Waals surface area contributed by atoms with Gasteiger partial charge < -0.3 is 5.32 Å². The molecule has 0 aliphatic rings. The second-order valence-corrected chi connectivity index (χ2v) is 7.12. The quantitative estimate of drug-likeness (QED) is 0.392. The number of sulfonamides is 1. The molecule has 0 saturated carbocycles. The van der Waals surface area contributed by atoms with Gasteiger partial charge in [0.1, 0.15) is 12.4 Å². The number of nitrogens with one attached hydrogen (secondary N) is 2. The van der Waals surface area contributed by atoms with Crippen molar-refractivity contribution < 1.29 is 22.4 Å². The maximum atomic E-state index is 13.1. The van der Waals surface area contributed by atoms with E-state index in [-0.39, 0.29) is 16.5 Å². The van der Waals surface area contributed by atoms with Crippen LogP contribution in [0.2, 0.25) is 0 Å². The van der Waals surface area contributed by atoms with Crippen LogP contribution < -0.4 is 20.9 Å². The fourth-order valence-corrected chi connectivity index (χ4v) is 3.56. The first kappa shape index (κ1) is 19.3. The Morgan fingerprint density at radius 2 is 1.65 bits per heavy atom. The number of anilines is 2. The molecule has 0 aliphatic heterocycles. The number of hydrogen-bond acceptors (Lipinski definition) is 5. The van der Waals surface area contributed by atoms with Crippen LogP contribution in [0.3, 0.4) is 0 Å². The summed E-state index contributed by atoms with van der Waals surface area (Å²) >= 11 is 0. The zero-order valence-electron chi connectivity index (χ0n) is 13.8. The highest BCUT2D eigenvalue weighted by Crippen LogP contribution is 2.24. The van der Waals surface area contributed by atoms with E-state index in [1.807, 2.05) is 5.43 Å².